The van der Waals surface area contributed by atoms with E-state index in [1.165, 1.54) is 6.42 Å². The molecule has 0 saturated carbocycles. The normalized spacial score (nSPS) is 26.8. The van der Waals surface area contributed by atoms with Gasteiger partial charge in [0.05, 0.1) is 19.8 Å². The van der Waals surface area contributed by atoms with E-state index in [9.17, 15) is 0 Å². The molecular weight excluding hydrogens is 222 g/mol. The van der Waals surface area contributed by atoms with Gasteiger partial charge in [0.1, 0.15) is 0 Å². The zero-order valence-corrected chi connectivity index (χ0v) is 10.8. The van der Waals surface area contributed by atoms with E-state index >= 15 is 0 Å². The highest BCUT2D eigenvalue weighted by atomic mass is 32.2. The highest BCUT2D eigenvalue weighted by Gasteiger charge is 2.17. The Kier molecular flexibility index (Phi) is 4.93. The van der Waals surface area contributed by atoms with Crippen molar-refractivity contribution in [1.82, 2.24) is 10.2 Å². The van der Waals surface area contributed by atoms with Gasteiger partial charge in [-0.05, 0) is 6.42 Å². The van der Waals surface area contributed by atoms with E-state index in [0.29, 0.717) is 5.25 Å². The van der Waals surface area contributed by atoms with Crippen LogP contribution in [0.25, 0.3) is 0 Å². The summed E-state index contributed by atoms with van der Waals surface area (Å²) in [6.45, 7) is 9.21. The molecule has 1 N–H and O–H groups in total. The fourth-order valence-electron chi connectivity index (χ4n) is 1.87. The summed E-state index contributed by atoms with van der Waals surface area (Å²) in [5, 5.41) is 5.26. The fourth-order valence-corrected chi connectivity index (χ4v) is 2.84. The second kappa shape index (κ2) is 6.47. The van der Waals surface area contributed by atoms with Crippen LogP contribution in [0.4, 0.5) is 0 Å². The molecule has 5 heteroatoms. The summed E-state index contributed by atoms with van der Waals surface area (Å²) >= 11 is 1.89. The zero-order chi connectivity index (χ0) is 11.2. The van der Waals surface area contributed by atoms with Crippen LogP contribution >= 0.6 is 11.8 Å². The van der Waals surface area contributed by atoms with Gasteiger partial charge in [-0.25, -0.2) is 0 Å². The maximum absolute atomic E-state index is 5.32. The van der Waals surface area contributed by atoms with Gasteiger partial charge in [-0.15, -0.1) is 0 Å². The summed E-state index contributed by atoms with van der Waals surface area (Å²) in [4.78, 5) is 6.93. The minimum Gasteiger partial charge on any atom is -0.379 e. The fraction of sp³-hybridized carbons (Fsp3) is 0.909. The maximum atomic E-state index is 5.32. The van der Waals surface area contributed by atoms with Crippen LogP contribution in [0.1, 0.15) is 13.3 Å². The van der Waals surface area contributed by atoms with E-state index in [2.05, 4.69) is 22.1 Å². The van der Waals surface area contributed by atoms with Crippen LogP contribution in [-0.2, 0) is 4.74 Å². The predicted molar refractivity (Wildman–Crippen MR) is 69.2 cm³/mol. The Morgan fingerprint density at radius 1 is 1.50 bits per heavy atom. The molecule has 1 saturated heterocycles. The maximum Gasteiger partial charge on any atom is 0.156 e. The number of nitrogens with one attached hydrogen (secondary N) is 1. The Morgan fingerprint density at radius 3 is 3.00 bits per heavy atom. The van der Waals surface area contributed by atoms with Gasteiger partial charge in [-0.2, -0.15) is 0 Å². The summed E-state index contributed by atoms with van der Waals surface area (Å²) in [5.41, 5.74) is 0. The van der Waals surface area contributed by atoms with Crippen LogP contribution in [0.15, 0.2) is 4.99 Å². The van der Waals surface area contributed by atoms with Crippen molar-refractivity contribution in [2.75, 3.05) is 45.9 Å². The lowest BCUT2D eigenvalue weighted by Gasteiger charge is -2.26. The Morgan fingerprint density at radius 2 is 2.31 bits per heavy atom. The monoisotopic (exact) mass is 243 g/mol. The first-order chi connectivity index (χ1) is 7.88. The number of hydrogen-bond donors (Lipinski definition) is 1. The minimum atomic E-state index is 0.700. The molecule has 2 aliphatic rings. The predicted octanol–water partition coefficient (Wildman–Crippen LogP) is 0.790. The lowest BCUT2D eigenvalue weighted by atomic mass is 10.3. The number of thioether (sulfide) groups is 1. The van der Waals surface area contributed by atoms with Crippen molar-refractivity contribution in [3.63, 3.8) is 0 Å². The molecule has 0 radical (unpaired) electrons. The number of rotatable bonds is 4. The number of aliphatic imine (C=N–C) groups is 1. The molecule has 0 aromatic heterocycles. The Bertz CT molecular complexity index is 241. The van der Waals surface area contributed by atoms with Gasteiger partial charge in [0.2, 0.25) is 0 Å². The number of nitrogens with zero attached hydrogens (tertiary/aromatic N) is 2. The first kappa shape index (κ1) is 12.2. The summed E-state index contributed by atoms with van der Waals surface area (Å²) in [6.07, 6.45) is 1.21. The van der Waals surface area contributed by atoms with Crippen molar-refractivity contribution < 1.29 is 4.74 Å². The Labute approximate surface area is 102 Å². The molecule has 16 heavy (non-hydrogen) atoms. The molecule has 2 heterocycles. The molecule has 0 bridgehead atoms. The molecule has 92 valence electrons. The quantitative estimate of drug-likeness (QED) is 0.792. The number of hydrogen-bond acceptors (Lipinski definition) is 5. The SMILES string of the molecule is CCC1CN=C(NCCN2CCOCC2)S1. The van der Waals surface area contributed by atoms with Crippen molar-refractivity contribution in [1.29, 1.82) is 0 Å². The smallest absolute Gasteiger partial charge is 0.156 e. The summed E-state index contributed by atoms with van der Waals surface area (Å²) < 4.78 is 5.32. The van der Waals surface area contributed by atoms with Crippen LogP contribution in [-0.4, -0.2) is 61.3 Å². The molecule has 1 unspecified atom stereocenters. The third kappa shape index (κ3) is 3.64. The van der Waals surface area contributed by atoms with Crippen molar-refractivity contribution in [2.45, 2.75) is 18.6 Å². The highest BCUT2D eigenvalue weighted by Crippen LogP contribution is 2.21. The molecular formula is C11H21N3OS. The molecule has 1 atom stereocenters. The molecule has 0 spiro atoms. The molecule has 0 amide bonds. The van der Waals surface area contributed by atoms with E-state index in [4.69, 9.17) is 4.74 Å². The van der Waals surface area contributed by atoms with E-state index in [0.717, 1.165) is 51.1 Å². The van der Waals surface area contributed by atoms with Gasteiger partial charge in [0, 0.05) is 31.4 Å². The molecule has 2 aliphatic heterocycles. The van der Waals surface area contributed by atoms with Crippen molar-refractivity contribution >= 4 is 16.9 Å². The lowest BCUT2D eigenvalue weighted by molar-refractivity contribution is 0.0389. The van der Waals surface area contributed by atoms with Crippen LogP contribution in [0.5, 0.6) is 0 Å². The van der Waals surface area contributed by atoms with Crippen molar-refractivity contribution in [2.24, 2.45) is 4.99 Å². The zero-order valence-electron chi connectivity index (χ0n) is 9.95. The average Bonchev–Trinajstić information content (AvgIpc) is 2.78. The summed E-state index contributed by atoms with van der Waals surface area (Å²) in [5.74, 6) is 0. The van der Waals surface area contributed by atoms with Crippen LogP contribution < -0.4 is 5.32 Å². The van der Waals surface area contributed by atoms with Gasteiger partial charge in [-0.3, -0.25) is 9.89 Å². The van der Waals surface area contributed by atoms with Gasteiger partial charge >= 0.3 is 0 Å². The molecule has 0 aromatic carbocycles. The molecule has 2 rings (SSSR count). The van der Waals surface area contributed by atoms with Crippen LogP contribution in [0.3, 0.4) is 0 Å². The van der Waals surface area contributed by atoms with Gasteiger partial charge in [0.25, 0.3) is 0 Å². The minimum absolute atomic E-state index is 0.700. The molecule has 0 aliphatic carbocycles. The van der Waals surface area contributed by atoms with Gasteiger partial charge in [-0.1, -0.05) is 18.7 Å². The number of ether oxygens (including phenoxy) is 1. The standard InChI is InChI=1S/C11H21N3OS/c1-2-10-9-13-11(16-10)12-3-4-14-5-7-15-8-6-14/h10H,2-9H2,1H3,(H,12,13). The second-order valence-corrected chi connectivity index (χ2v) is 5.46. The summed E-state index contributed by atoms with van der Waals surface area (Å²) in [7, 11) is 0. The largest absolute Gasteiger partial charge is 0.379 e. The first-order valence-corrected chi connectivity index (χ1v) is 7.01. The Hall–Kier alpha value is -0.260. The Balaban J connectivity index is 1.57. The highest BCUT2D eigenvalue weighted by molar-refractivity contribution is 8.14. The van der Waals surface area contributed by atoms with Crippen LogP contribution in [0.2, 0.25) is 0 Å². The third-order valence-corrected chi connectivity index (χ3v) is 4.29. The topological polar surface area (TPSA) is 36.9 Å². The molecule has 0 aromatic rings. The average molecular weight is 243 g/mol. The van der Waals surface area contributed by atoms with E-state index < -0.39 is 0 Å². The van der Waals surface area contributed by atoms with E-state index in [1.54, 1.807) is 0 Å². The van der Waals surface area contributed by atoms with Gasteiger partial charge in [0.15, 0.2) is 5.17 Å². The third-order valence-electron chi connectivity index (χ3n) is 2.98. The molecule has 4 nitrogen and oxygen atoms in total. The number of morpholine rings is 1. The first-order valence-electron chi connectivity index (χ1n) is 6.13. The van der Waals surface area contributed by atoms with Gasteiger partial charge < -0.3 is 10.1 Å². The second-order valence-electron chi connectivity index (χ2n) is 4.17. The van der Waals surface area contributed by atoms with Crippen LogP contribution in [0, 0.1) is 0 Å². The van der Waals surface area contributed by atoms with Crippen molar-refractivity contribution in [3.8, 4) is 0 Å². The number of amidine groups is 1. The van der Waals surface area contributed by atoms with Crippen molar-refractivity contribution in [3.05, 3.63) is 0 Å². The van der Waals surface area contributed by atoms with E-state index in [-0.39, 0.29) is 0 Å². The summed E-state index contributed by atoms with van der Waals surface area (Å²) in [6, 6.07) is 0. The molecule has 1 fully saturated rings. The lowest BCUT2D eigenvalue weighted by Crippen LogP contribution is -2.40. The van der Waals surface area contributed by atoms with E-state index in [1.807, 2.05) is 11.8 Å².